The number of ether oxygens (including phenoxy) is 2. The molecule has 0 aromatic heterocycles. The summed E-state index contributed by atoms with van der Waals surface area (Å²) in [5, 5.41) is 6.65. The first kappa shape index (κ1) is 22.9. The van der Waals surface area contributed by atoms with E-state index in [9.17, 15) is 4.79 Å². The third-order valence-electron chi connectivity index (χ3n) is 5.15. The number of para-hydroxylation sites is 6. The van der Waals surface area contributed by atoms with Crippen LogP contribution in [0.15, 0.2) is 109 Å². The Morgan fingerprint density at radius 3 is 1.35 bits per heavy atom. The maximum absolute atomic E-state index is 12.4. The van der Waals surface area contributed by atoms with Crippen LogP contribution >= 0.6 is 0 Å². The Morgan fingerprint density at radius 1 is 0.529 bits per heavy atom. The molecule has 0 fully saturated rings. The molecule has 0 aliphatic carbocycles. The van der Waals surface area contributed by atoms with Gasteiger partial charge < -0.3 is 20.1 Å². The summed E-state index contributed by atoms with van der Waals surface area (Å²) < 4.78 is 11.9. The topological polar surface area (TPSA) is 59.6 Å². The highest BCUT2D eigenvalue weighted by Crippen LogP contribution is 2.30. The van der Waals surface area contributed by atoms with Crippen molar-refractivity contribution in [3.8, 4) is 23.0 Å². The van der Waals surface area contributed by atoms with E-state index < -0.39 is 0 Å². The predicted octanol–water partition coefficient (Wildman–Crippen LogP) is 7.14. The van der Waals surface area contributed by atoms with Gasteiger partial charge in [0.05, 0.1) is 11.4 Å². The number of rotatable bonds is 12. The Labute approximate surface area is 200 Å². The summed E-state index contributed by atoms with van der Waals surface area (Å²) >= 11 is 0. The van der Waals surface area contributed by atoms with Gasteiger partial charge >= 0.3 is 0 Å². The summed E-state index contributed by atoms with van der Waals surface area (Å²) in [6.07, 6.45) is 0.868. The summed E-state index contributed by atoms with van der Waals surface area (Å²) in [4.78, 5) is 12.4. The molecule has 0 heterocycles. The van der Waals surface area contributed by atoms with Crippen molar-refractivity contribution in [2.45, 2.75) is 12.8 Å². The molecule has 5 nitrogen and oxygen atoms in total. The van der Waals surface area contributed by atoms with Crippen molar-refractivity contribution in [1.29, 1.82) is 0 Å². The summed E-state index contributed by atoms with van der Waals surface area (Å²) in [6.45, 7) is 1.09. The smallest absolute Gasteiger partial charge is 0.150 e. The number of hydrogen-bond acceptors (Lipinski definition) is 5. The predicted molar refractivity (Wildman–Crippen MR) is 137 cm³/mol. The second-order valence-corrected chi connectivity index (χ2v) is 7.71. The molecule has 2 N–H and O–H groups in total. The molecule has 4 rings (SSSR count). The quantitative estimate of drug-likeness (QED) is 0.239. The molecule has 0 atom stereocenters. The molecule has 0 saturated carbocycles. The molecule has 0 aliphatic rings. The fourth-order valence-electron chi connectivity index (χ4n) is 3.43. The van der Waals surface area contributed by atoms with Gasteiger partial charge in [-0.1, -0.05) is 60.7 Å². The first-order valence-electron chi connectivity index (χ1n) is 11.4. The zero-order valence-electron chi connectivity index (χ0n) is 18.9. The molecule has 0 spiro atoms. The molecular weight excluding hydrogens is 424 g/mol. The maximum Gasteiger partial charge on any atom is 0.150 e. The fourth-order valence-corrected chi connectivity index (χ4v) is 3.43. The molecule has 4 aromatic carbocycles. The van der Waals surface area contributed by atoms with Crippen LogP contribution in [0, 0.1) is 0 Å². The molecule has 172 valence electrons. The van der Waals surface area contributed by atoms with Gasteiger partial charge in [0.25, 0.3) is 0 Å². The van der Waals surface area contributed by atoms with Gasteiger partial charge in [-0.2, -0.15) is 0 Å². The monoisotopic (exact) mass is 452 g/mol. The number of ketones is 1. The number of carbonyl (C=O) groups excluding carboxylic acids is 1. The second kappa shape index (κ2) is 12.1. The van der Waals surface area contributed by atoms with Crippen molar-refractivity contribution in [2.24, 2.45) is 0 Å². The molecular formula is C29H28N2O3. The Morgan fingerprint density at radius 2 is 0.912 bits per heavy atom. The van der Waals surface area contributed by atoms with Crippen molar-refractivity contribution < 1.29 is 14.3 Å². The van der Waals surface area contributed by atoms with E-state index >= 15 is 0 Å². The van der Waals surface area contributed by atoms with E-state index in [1.54, 1.807) is 0 Å². The number of hydrogen-bond donors (Lipinski definition) is 2. The van der Waals surface area contributed by atoms with Gasteiger partial charge in [0, 0.05) is 25.9 Å². The van der Waals surface area contributed by atoms with E-state index in [0.29, 0.717) is 25.9 Å². The zero-order valence-corrected chi connectivity index (χ0v) is 18.9. The Balaban J connectivity index is 1.23. The molecule has 0 amide bonds. The maximum atomic E-state index is 12.4. The average molecular weight is 453 g/mol. The molecule has 0 radical (unpaired) electrons. The normalized spacial score (nSPS) is 10.4. The van der Waals surface area contributed by atoms with E-state index in [1.807, 2.05) is 109 Å². The Hall–Kier alpha value is -4.25. The average Bonchev–Trinajstić information content (AvgIpc) is 2.87. The van der Waals surface area contributed by atoms with Gasteiger partial charge in [-0.25, -0.2) is 0 Å². The minimum absolute atomic E-state index is 0.183. The molecule has 0 bridgehead atoms. The highest BCUT2D eigenvalue weighted by Gasteiger charge is 2.08. The zero-order chi connectivity index (χ0) is 23.4. The number of anilines is 2. The lowest BCUT2D eigenvalue weighted by atomic mass is 10.2. The van der Waals surface area contributed by atoms with Gasteiger partial charge in [-0.05, 0) is 48.5 Å². The van der Waals surface area contributed by atoms with Crippen LogP contribution < -0.4 is 20.1 Å². The number of carbonyl (C=O) groups is 1. The highest BCUT2D eigenvalue weighted by atomic mass is 16.5. The van der Waals surface area contributed by atoms with Crippen LogP contribution in [0.25, 0.3) is 0 Å². The van der Waals surface area contributed by atoms with Crippen molar-refractivity contribution in [3.63, 3.8) is 0 Å². The molecule has 0 unspecified atom stereocenters. The third kappa shape index (κ3) is 6.87. The van der Waals surface area contributed by atoms with Gasteiger partial charge in [0.2, 0.25) is 0 Å². The molecule has 5 heteroatoms. The standard InChI is InChI=1S/C29H28N2O3/c32-23(19-21-30-26-15-7-9-17-28(26)33-24-11-3-1-4-12-24)20-22-31-27-16-8-10-18-29(27)34-25-13-5-2-6-14-25/h1-18,30-31H,19-22H2. The van der Waals surface area contributed by atoms with E-state index in [2.05, 4.69) is 10.6 Å². The number of benzene rings is 4. The molecule has 4 aromatic rings. The van der Waals surface area contributed by atoms with Gasteiger partial charge in [-0.15, -0.1) is 0 Å². The van der Waals surface area contributed by atoms with Crippen LogP contribution in [0.4, 0.5) is 11.4 Å². The van der Waals surface area contributed by atoms with E-state index in [1.165, 1.54) is 0 Å². The minimum Gasteiger partial charge on any atom is -0.455 e. The summed E-state index contributed by atoms with van der Waals surface area (Å²) in [6, 6.07) is 34.8. The van der Waals surface area contributed by atoms with Crippen LogP contribution in [0.3, 0.4) is 0 Å². The molecule has 34 heavy (non-hydrogen) atoms. The van der Waals surface area contributed by atoms with Crippen LogP contribution in [0.1, 0.15) is 12.8 Å². The second-order valence-electron chi connectivity index (χ2n) is 7.71. The lowest BCUT2D eigenvalue weighted by Crippen LogP contribution is -2.13. The van der Waals surface area contributed by atoms with Gasteiger partial charge in [0.1, 0.15) is 17.3 Å². The van der Waals surface area contributed by atoms with Crippen LogP contribution in [0.5, 0.6) is 23.0 Å². The summed E-state index contributed by atoms with van der Waals surface area (Å²) in [5.74, 6) is 3.20. The van der Waals surface area contributed by atoms with Crippen LogP contribution in [-0.4, -0.2) is 18.9 Å². The summed E-state index contributed by atoms with van der Waals surface area (Å²) in [5.41, 5.74) is 1.73. The SMILES string of the molecule is O=C(CCNc1ccccc1Oc1ccccc1)CCNc1ccccc1Oc1ccccc1. The number of Topliss-reactive ketones (excluding diaryl/α,β-unsaturated/α-hetero) is 1. The van der Waals surface area contributed by atoms with Gasteiger partial charge in [-0.3, -0.25) is 4.79 Å². The van der Waals surface area contributed by atoms with Crippen LogP contribution in [0.2, 0.25) is 0 Å². The lowest BCUT2D eigenvalue weighted by molar-refractivity contribution is -0.118. The van der Waals surface area contributed by atoms with Crippen molar-refractivity contribution in [2.75, 3.05) is 23.7 Å². The van der Waals surface area contributed by atoms with Crippen molar-refractivity contribution in [3.05, 3.63) is 109 Å². The third-order valence-corrected chi connectivity index (χ3v) is 5.15. The Bertz CT molecular complexity index is 1090. The molecule has 0 saturated heterocycles. The summed E-state index contributed by atoms with van der Waals surface area (Å²) in [7, 11) is 0. The highest BCUT2D eigenvalue weighted by molar-refractivity contribution is 5.79. The lowest BCUT2D eigenvalue weighted by Gasteiger charge is -2.14. The van der Waals surface area contributed by atoms with E-state index in [4.69, 9.17) is 9.47 Å². The largest absolute Gasteiger partial charge is 0.455 e. The fraction of sp³-hybridized carbons (Fsp3) is 0.138. The van der Waals surface area contributed by atoms with E-state index in [-0.39, 0.29) is 5.78 Å². The molecule has 0 aliphatic heterocycles. The van der Waals surface area contributed by atoms with Crippen molar-refractivity contribution in [1.82, 2.24) is 0 Å². The first-order chi connectivity index (χ1) is 16.8. The minimum atomic E-state index is 0.183. The van der Waals surface area contributed by atoms with Crippen molar-refractivity contribution >= 4 is 17.2 Å². The first-order valence-corrected chi connectivity index (χ1v) is 11.4. The van der Waals surface area contributed by atoms with Gasteiger partial charge in [0.15, 0.2) is 11.5 Å². The number of nitrogens with one attached hydrogen (secondary N) is 2. The van der Waals surface area contributed by atoms with E-state index in [0.717, 1.165) is 34.4 Å². The Kier molecular flexibility index (Phi) is 8.17. The van der Waals surface area contributed by atoms with Crippen LogP contribution in [-0.2, 0) is 4.79 Å².